The van der Waals surface area contributed by atoms with Crippen LogP contribution in [-0.2, 0) is 6.54 Å². The quantitative estimate of drug-likeness (QED) is 0.827. The minimum Gasteiger partial charge on any atom is -0.361 e. The fourth-order valence-electron chi connectivity index (χ4n) is 2.90. The molecule has 2 unspecified atom stereocenters. The Morgan fingerprint density at radius 3 is 3.06 bits per heavy atom. The van der Waals surface area contributed by atoms with Crippen LogP contribution in [0.3, 0.4) is 0 Å². The predicted molar refractivity (Wildman–Crippen MR) is 71.9 cm³/mol. The highest BCUT2D eigenvalue weighted by Gasteiger charge is 2.22. The van der Waals surface area contributed by atoms with Crippen molar-refractivity contribution in [3.63, 3.8) is 0 Å². The molecule has 2 nitrogen and oxygen atoms in total. The van der Waals surface area contributed by atoms with Crippen molar-refractivity contribution in [2.24, 2.45) is 5.92 Å². The van der Waals surface area contributed by atoms with Crippen molar-refractivity contribution in [1.29, 1.82) is 0 Å². The van der Waals surface area contributed by atoms with Crippen LogP contribution in [0.5, 0.6) is 0 Å². The molecule has 1 aliphatic carbocycles. The van der Waals surface area contributed by atoms with Crippen LogP contribution in [0.2, 0.25) is 0 Å². The van der Waals surface area contributed by atoms with E-state index in [1.54, 1.807) is 0 Å². The van der Waals surface area contributed by atoms with Gasteiger partial charge in [-0.1, -0.05) is 25.5 Å². The first-order valence-electron chi connectivity index (χ1n) is 6.62. The summed E-state index contributed by atoms with van der Waals surface area (Å²) in [4.78, 5) is 3.27. The van der Waals surface area contributed by atoms with Gasteiger partial charge in [0.05, 0.1) is 0 Å². The first kappa shape index (κ1) is 10.8. The molecule has 1 saturated carbocycles. The summed E-state index contributed by atoms with van der Waals surface area (Å²) in [5.41, 5.74) is 2.61. The second-order valence-electron chi connectivity index (χ2n) is 5.29. The van der Waals surface area contributed by atoms with Gasteiger partial charge >= 0.3 is 0 Å². The maximum absolute atomic E-state index is 3.69. The molecule has 2 N–H and O–H groups in total. The number of benzene rings is 1. The van der Waals surface area contributed by atoms with E-state index >= 15 is 0 Å². The zero-order valence-electron chi connectivity index (χ0n) is 10.4. The molecule has 0 radical (unpaired) electrons. The standard InChI is InChI=1S/C15H20N2/c1-11-3-2-4-14(11)17-10-12-5-6-13-7-8-16-15(13)9-12/h5-9,11,14,16-17H,2-4,10H2,1H3. The summed E-state index contributed by atoms with van der Waals surface area (Å²) in [6, 6.07) is 9.51. The van der Waals surface area contributed by atoms with Crippen molar-refractivity contribution in [3.8, 4) is 0 Å². The van der Waals surface area contributed by atoms with E-state index in [1.807, 2.05) is 6.20 Å². The number of aromatic nitrogens is 1. The highest BCUT2D eigenvalue weighted by Crippen LogP contribution is 2.25. The van der Waals surface area contributed by atoms with E-state index in [0.29, 0.717) is 6.04 Å². The fraction of sp³-hybridized carbons (Fsp3) is 0.467. The lowest BCUT2D eigenvalue weighted by molar-refractivity contribution is 0.426. The highest BCUT2D eigenvalue weighted by molar-refractivity contribution is 5.79. The Hall–Kier alpha value is -1.28. The molecule has 2 atom stereocenters. The summed E-state index contributed by atoms with van der Waals surface area (Å²) < 4.78 is 0. The minimum atomic E-state index is 0.717. The summed E-state index contributed by atoms with van der Waals surface area (Å²) in [5.74, 6) is 0.837. The molecule has 2 aromatic rings. The van der Waals surface area contributed by atoms with E-state index in [2.05, 4.69) is 41.5 Å². The van der Waals surface area contributed by atoms with Gasteiger partial charge in [-0.25, -0.2) is 0 Å². The van der Waals surface area contributed by atoms with Gasteiger partial charge in [0.1, 0.15) is 0 Å². The largest absolute Gasteiger partial charge is 0.361 e. The SMILES string of the molecule is CC1CCCC1NCc1ccc2cc[nH]c2c1. The number of H-pyrrole nitrogens is 1. The molecule has 0 amide bonds. The van der Waals surface area contributed by atoms with Crippen molar-refractivity contribution in [1.82, 2.24) is 10.3 Å². The first-order chi connectivity index (χ1) is 8.33. The van der Waals surface area contributed by atoms with Crippen LogP contribution < -0.4 is 5.32 Å². The minimum absolute atomic E-state index is 0.717. The lowest BCUT2D eigenvalue weighted by Gasteiger charge is -2.17. The van der Waals surface area contributed by atoms with E-state index in [9.17, 15) is 0 Å². The summed E-state index contributed by atoms with van der Waals surface area (Å²) in [6.45, 7) is 3.35. The Morgan fingerprint density at radius 2 is 2.24 bits per heavy atom. The second-order valence-corrected chi connectivity index (χ2v) is 5.29. The monoisotopic (exact) mass is 228 g/mol. The zero-order valence-corrected chi connectivity index (χ0v) is 10.4. The maximum atomic E-state index is 3.69. The summed E-state index contributed by atoms with van der Waals surface area (Å²) in [7, 11) is 0. The van der Waals surface area contributed by atoms with Crippen LogP contribution >= 0.6 is 0 Å². The van der Waals surface area contributed by atoms with E-state index in [0.717, 1.165) is 12.5 Å². The van der Waals surface area contributed by atoms with Gasteiger partial charge < -0.3 is 10.3 Å². The number of hydrogen-bond acceptors (Lipinski definition) is 1. The van der Waals surface area contributed by atoms with E-state index in [4.69, 9.17) is 0 Å². The molecule has 1 aromatic carbocycles. The highest BCUT2D eigenvalue weighted by atomic mass is 14.9. The maximum Gasteiger partial charge on any atom is 0.0457 e. The molecule has 1 aromatic heterocycles. The molecule has 0 bridgehead atoms. The van der Waals surface area contributed by atoms with Crippen molar-refractivity contribution >= 4 is 10.9 Å². The van der Waals surface area contributed by atoms with Crippen LogP contribution in [0.1, 0.15) is 31.7 Å². The third-order valence-electron chi connectivity index (χ3n) is 4.05. The third kappa shape index (κ3) is 2.22. The Bertz CT molecular complexity index is 500. The average molecular weight is 228 g/mol. The third-order valence-corrected chi connectivity index (χ3v) is 4.05. The van der Waals surface area contributed by atoms with Crippen LogP contribution in [0.4, 0.5) is 0 Å². The Balaban J connectivity index is 1.67. The molecule has 0 spiro atoms. The van der Waals surface area contributed by atoms with Gasteiger partial charge in [0.2, 0.25) is 0 Å². The molecular formula is C15H20N2. The molecule has 0 saturated heterocycles. The normalized spacial score (nSPS) is 24.5. The van der Waals surface area contributed by atoms with Crippen LogP contribution in [-0.4, -0.2) is 11.0 Å². The number of nitrogens with one attached hydrogen (secondary N) is 2. The molecular weight excluding hydrogens is 208 g/mol. The van der Waals surface area contributed by atoms with E-state index < -0.39 is 0 Å². The Morgan fingerprint density at radius 1 is 1.29 bits per heavy atom. The summed E-state index contributed by atoms with van der Waals surface area (Å²) in [6.07, 6.45) is 6.11. The lowest BCUT2D eigenvalue weighted by atomic mass is 10.1. The molecule has 1 fully saturated rings. The Kier molecular flexibility index (Phi) is 2.89. The molecule has 17 heavy (non-hydrogen) atoms. The van der Waals surface area contributed by atoms with Crippen LogP contribution in [0.15, 0.2) is 30.5 Å². The predicted octanol–water partition coefficient (Wildman–Crippen LogP) is 3.45. The molecule has 1 aliphatic rings. The van der Waals surface area contributed by atoms with E-state index in [1.165, 1.54) is 35.7 Å². The van der Waals surface area contributed by atoms with Crippen molar-refractivity contribution in [2.75, 3.05) is 0 Å². The first-order valence-corrected chi connectivity index (χ1v) is 6.62. The molecule has 3 rings (SSSR count). The molecule has 0 aliphatic heterocycles. The van der Waals surface area contributed by atoms with Gasteiger partial charge in [-0.05, 0) is 41.8 Å². The smallest absolute Gasteiger partial charge is 0.0457 e. The lowest BCUT2D eigenvalue weighted by Crippen LogP contribution is -2.30. The Labute approximate surface area is 102 Å². The average Bonchev–Trinajstić information content (AvgIpc) is 2.94. The van der Waals surface area contributed by atoms with Gasteiger partial charge in [-0.15, -0.1) is 0 Å². The van der Waals surface area contributed by atoms with Gasteiger partial charge in [0, 0.05) is 24.3 Å². The summed E-state index contributed by atoms with van der Waals surface area (Å²) >= 11 is 0. The second kappa shape index (κ2) is 4.53. The topological polar surface area (TPSA) is 27.8 Å². The van der Waals surface area contributed by atoms with Crippen LogP contribution in [0.25, 0.3) is 10.9 Å². The molecule has 90 valence electrons. The number of fused-ring (bicyclic) bond motifs is 1. The molecule has 1 heterocycles. The number of aromatic amines is 1. The van der Waals surface area contributed by atoms with Gasteiger partial charge in [-0.2, -0.15) is 0 Å². The van der Waals surface area contributed by atoms with Gasteiger partial charge in [0.25, 0.3) is 0 Å². The number of rotatable bonds is 3. The van der Waals surface area contributed by atoms with Crippen LogP contribution in [0, 0.1) is 5.92 Å². The van der Waals surface area contributed by atoms with E-state index in [-0.39, 0.29) is 0 Å². The van der Waals surface area contributed by atoms with Gasteiger partial charge in [-0.3, -0.25) is 0 Å². The number of hydrogen-bond donors (Lipinski definition) is 2. The van der Waals surface area contributed by atoms with Crippen molar-refractivity contribution in [2.45, 2.75) is 38.8 Å². The zero-order chi connectivity index (χ0) is 11.7. The molecule has 2 heteroatoms. The van der Waals surface area contributed by atoms with Gasteiger partial charge in [0.15, 0.2) is 0 Å². The fourth-order valence-corrected chi connectivity index (χ4v) is 2.90. The van der Waals surface area contributed by atoms with Crippen molar-refractivity contribution < 1.29 is 0 Å². The van der Waals surface area contributed by atoms with Crippen molar-refractivity contribution in [3.05, 3.63) is 36.0 Å². The summed E-state index contributed by atoms with van der Waals surface area (Å²) in [5, 5.41) is 4.99.